The van der Waals surface area contributed by atoms with Crippen molar-refractivity contribution in [1.29, 1.82) is 0 Å². The molecule has 2 rings (SSSR count). The molecule has 116 valence electrons. The zero-order valence-electron chi connectivity index (χ0n) is 11.2. The Labute approximate surface area is 124 Å². The number of anilines is 1. The minimum absolute atomic E-state index is 0.169. The van der Waals surface area contributed by atoms with Crippen LogP contribution < -0.4 is 5.73 Å². The number of rotatable bonds is 5. The van der Waals surface area contributed by atoms with E-state index in [4.69, 9.17) is 22.4 Å². The Balaban J connectivity index is 2.40. The van der Waals surface area contributed by atoms with Crippen LogP contribution in [-0.2, 0) is 0 Å². The lowest BCUT2D eigenvalue weighted by Gasteiger charge is -2.25. The molecule has 0 aliphatic carbocycles. The Kier molecular flexibility index (Phi) is 4.62. The van der Waals surface area contributed by atoms with E-state index in [-0.39, 0.29) is 10.8 Å². The summed E-state index contributed by atoms with van der Waals surface area (Å²) in [4.78, 5) is 7.83. The molecule has 5 N–H and O–H groups in total. The summed E-state index contributed by atoms with van der Waals surface area (Å²) in [6, 6.07) is -0.884. The van der Waals surface area contributed by atoms with Crippen molar-refractivity contribution < 1.29 is 19.7 Å². The highest BCUT2D eigenvalue weighted by atomic mass is 35.5. The molecular formula is C12H16ClFN4O3. The predicted octanol–water partition coefficient (Wildman–Crippen LogP) is 0.280. The quantitative estimate of drug-likeness (QED) is 0.629. The van der Waals surface area contributed by atoms with Gasteiger partial charge in [-0.3, -0.25) is 0 Å². The smallest absolute Gasteiger partial charge is 0.149 e. The largest absolute Gasteiger partial charge is 0.394 e. The fraction of sp³-hybridized carbons (Fsp3) is 0.500. The van der Waals surface area contributed by atoms with Crippen LogP contribution in [0.3, 0.4) is 0 Å². The number of alkyl halides is 1. The molecule has 21 heavy (non-hydrogen) atoms. The van der Waals surface area contributed by atoms with Crippen LogP contribution in [0.15, 0.2) is 12.5 Å². The number of nitrogens with zero attached hydrogens (tertiary/aromatic N) is 3. The van der Waals surface area contributed by atoms with E-state index < -0.39 is 31.0 Å². The minimum Gasteiger partial charge on any atom is -0.394 e. The second-order valence-corrected chi connectivity index (χ2v) is 5.17. The summed E-state index contributed by atoms with van der Waals surface area (Å²) in [5.41, 5.74) is 6.04. The summed E-state index contributed by atoms with van der Waals surface area (Å²) in [5.74, 6) is 0.169. The van der Waals surface area contributed by atoms with Gasteiger partial charge in [0.2, 0.25) is 0 Å². The normalized spacial score (nSPS) is 17.6. The highest BCUT2D eigenvalue weighted by Gasteiger charge is 2.32. The van der Waals surface area contributed by atoms with Gasteiger partial charge in [-0.25, -0.2) is 14.4 Å². The van der Waals surface area contributed by atoms with E-state index in [1.54, 1.807) is 0 Å². The summed E-state index contributed by atoms with van der Waals surface area (Å²) in [7, 11) is 0. The maximum Gasteiger partial charge on any atom is 0.149 e. The summed E-state index contributed by atoms with van der Waals surface area (Å²) in [6.07, 6.45) is -2.48. The summed E-state index contributed by atoms with van der Waals surface area (Å²) in [5, 5.41) is 28.4. The number of nitrogens with two attached hydrogens (primary N) is 1. The van der Waals surface area contributed by atoms with E-state index in [0.29, 0.717) is 11.0 Å². The first kappa shape index (κ1) is 15.9. The lowest BCUT2D eigenvalue weighted by molar-refractivity contribution is -0.0621. The van der Waals surface area contributed by atoms with Gasteiger partial charge in [-0.1, -0.05) is 11.6 Å². The van der Waals surface area contributed by atoms with E-state index in [1.807, 2.05) is 0 Å². The number of hydrogen-bond donors (Lipinski definition) is 4. The van der Waals surface area contributed by atoms with Crippen molar-refractivity contribution in [2.75, 3.05) is 12.3 Å². The van der Waals surface area contributed by atoms with Gasteiger partial charge in [-0.15, -0.1) is 0 Å². The van der Waals surface area contributed by atoms with E-state index >= 15 is 0 Å². The summed E-state index contributed by atoms with van der Waals surface area (Å²) < 4.78 is 15.7. The molecule has 0 amide bonds. The average molecular weight is 319 g/mol. The molecule has 0 saturated heterocycles. The molecule has 9 heteroatoms. The van der Waals surface area contributed by atoms with Gasteiger partial charge in [0.05, 0.1) is 23.1 Å². The van der Waals surface area contributed by atoms with Gasteiger partial charge in [-0.05, 0) is 6.92 Å². The summed E-state index contributed by atoms with van der Waals surface area (Å²) >= 11 is 6.05. The van der Waals surface area contributed by atoms with Crippen LogP contribution in [0.2, 0.25) is 5.02 Å². The molecule has 0 aliphatic rings. The molecular weight excluding hydrogens is 303 g/mol. The molecule has 2 heterocycles. The molecule has 0 spiro atoms. The highest BCUT2D eigenvalue weighted by molar-refractivity contribution is 6.36. The fourth-order valence-corrected chi connectivity index (χ4v) is 2.42. The summed E-state index contributed by atoms with van der Waals surface area (Å²) in [6.45, 7) is 0.753. The van der Waals surface area contributed by atoms with Crippen LogP contribution in [0.4, 0.5) is 10.2 Å². The second kappa shape index (κ2) is 6.10. The van der Waals surface area contributed by atoms with Crippen LogP contribution in [0.1, 0.15) is 13.0 Å². The molecule has 2 unspecified atom stereocenters. The van der Waals surface area contributed by atoms with Crippen LogP contribution in [0.25, 0.3) is 11.0 Å². The third-order valence-corrected chi connectivity index (χ3v) is 3.69. The van der Waals surface area contributed by atoms with Gasteiger partial charge in [0.15, 0.2) is 0 Å². The van der Waals surface area contributed by atoms with Crippen LogP contribution in [0.5, 0.6) is 0 Å². The fourth-order valence-electron chi connectivity index (χ4n) is 2.13. The molecule has 2 aromatic heterocycles. The number of aliphatic hydroxyl groups is 3. The number of aromatic nitrogens is 3. The lowest BCUT2D eigenvalue weighted by atomic mass is 10.0. The number of halogens is 2. The molecule has 0 radical (unpaired) electrons. The van der Waals surface area contributed by atoms with Crippen LogP contribution in [-0.4, -0.2) is 54.8 Å². The standard InChI is InChI=1S/C12H16ClFN4O3/c1-5(9(14)10(21)7(20)3-19)18-2-6(13)8-11(15)16-4-17-12(8)18/h2,4-5,7,9-10,19-21H,3H2,1H3,(H2,15,16,17)/t5-,7-,9?,10?/m1/s1. The van der Waals surface area contributed by atoms with Crippen molar-refractivity contribution in [2.45, 2.75) is 31.3 Å². The van der Waals surface area contributed by atoms with Crippen molar-refractivity contribution in [3.05, 3.63) is 17.5 Å². The maximum atomic E-state index is 14.3. The Morgan fingerprint density at radius 1 is 1.43 bits per heavy atom. The molecule has 2 aromatic rings. The number of nitrogen functional groups attached to an aromatic ring is 1. The van der Waals surface area contributed by atoms with Crippen molar-refractivity contribution in [3.63, 3.8) is 0 Å². The van der Waals surface area contributed by atoms with E-state index in [1.165, 1.54) is 24.0 Å². The zero-order valence-corrected chi connectivity index (χ0v) is 11.9. The van der Waals surface area contributed by atoms with Gasteiger partial charge >= 0.3 is 0 Å². The Hall–Kier alpha value is -1.48. The van der Waals surface area contributed by atoms with Crippen molar-refractivity contribution >= 4 is 28.5 Å². The first-order valence-corrected chi connectivity index (χ1v) is 6.63. The minimum atomic E-state index is -1.84. The van der Waals surface area contributed by atoms with Gasteiger partial charge < -0.3 is 25.6 Å². The van der Waals surface area contributed by atoms with Gasteiger partial charge in [0, 0.05) is 6.20 Å². The molecule has 0 aliphatic heterocycles. The van der Waals surface area contributed by atoms with Crippen molar-refractivity contribution in [3.8, 4) is 0 Å². The Bertz CT molecular complexity index is 638. The van der Waals surface area contributed by atoms with Crippen LogP contribution >= 0.6 is 11.6 Å². The third-order valence-electron chi connectivity index (χ3n) is 3.40. The molecule has 0 aromatic carbocycles. The first-order chi connectivity index (χ1) is 9.88. The highest BCUT2D eigenvalue weighted by Crippen LogP contribution is 2.32. The van der Waals surface area contributed by atoms with Gasteiger partial charge in [0.25, 0.3) is 0 Å². The van der Waals surface area contributed by atoms with E-state index in [0.717, 1.165) is 0 Å². The molecule has 0 bridgehead atoms. The first-order valence-electron chi connectivity index (χ1n) is 6.26. The van der Waals surface area contributed by atoms with E-state index in [2.05, 4.69) is 9.97 Å². The number of fused-ring (bicyclic) bond motifs is 1. The topological polar surface area (TPSA) is 117 Å². The van der Waals surface area contributed by atoms with E-state index in [9.17, 15) is 14.6 Å². The molecule has 0 fully saturated rings. The Morgan fingerprint density at radius 2 is 2.10 bits per heavy atom. The second-order valence-electron chi connectivity index (χ2n) is 4.77. The van der Waals surface area contributed by atoms with Gasteiger partial charge in [-0.2, -0.15) is 0 Å². The average Bonchev–Trinajstić information content (AvgIpc) is 2.82. The zero-order chi connectivity index (χ0) is 15.7. The molecule has 0 saturated carbocycles. The lowest BCUT2D eigenvalue weighted by Crippen LogP contribution is -2.41. The number of aliphatic hydroxyl groups excluding tert-OH is 3. The molecule has 4 atom stereocenters. The van der Waals surface area contributed by atoms with Crippen LogP contribution in [0, 0.1) is 0 Å². The monoisotopic (exact) mass is 318 g/mol. The third kappa shape index (κ3) is 2.80. The SMILES string of the molecule is C[C@H](C(F)C(O)[C@H](O)CO)n1cc(Cl)c2c(N)ncnc21. The number of hydrogen-bond acceptors (Lipinski definition) is 6. The predicted molar refractivity (Wildman–Crippen MR) is 75.7 cm³/mol. The molecule has 7 nitrogen and oxygen atoms in total. The Morgan fingerprint density at radius 3 is 2.71 bits per heavy atom. The van der Waals surface area contributed by atoms with Gasteiger partial charge in [0.1, 0.15) is 36.2 Å². The maximum absolute atomic E-state index is 14.3. The van der Waals surface area contributed by atoms with Crippen molar-refractivity contribution in [1.82, 2.24) is 14.5 Å². The van der Waals surface area contributed by atoms with Crippen molar-refractivity contribution in [2.24, 2.45) is 0 Å².